The van der Waals surface area contributed by atoms with Gasteiger partial charge in [0.05, 0.1) is 17.6 Å². The summed E-state index contributed by atoms with van der Waals surface area (Å²) in [7, 11) is 0. The molecule has 0 bridgehead atoms. The predicted octanol–water partition coefficient (Wildman–Crippen LogP) is 0.599. The molecule has 3 rings (SSSR count). The van der Waals surface area contributed by atoms with Crippen LogP contribution in [0.25, 0.3) is 11.0 Å². The van der Waals surface area contributed by atoms with Gasteiger partial charge in [-0.05, 0) is 18.6 Å². The average molecular weight is 263 g/mol. The van der Waals surface area contributed by atoms with Gasteiger partial charge in [0.1, 0.15) is 12.4 Å². The lowest BCUT2D eigenvalue weighted by Crippen LogP contribution is -2.36. The highest BCUT2D eigenvalue weighted by molar-refractivity contribution is 5.75. The summed E-state index contributed by atoms with van der Waals surface area (Å²) in [5.41, 5.74) is 7.36. The fourth-order valence-electron chi connectivity index (χ4n) is 2.32. The topological polar surface area (TPSA) is 93.1 Å². The second kappa shape index (κ2) is 5.07. The van der Waals surface area contributed by atoms with E-state index in [4.69, 9.17) is 15.2 Å². The minimum atomic E-state index is -0.216. The molecule has 1 unspecified atom stereocenters. The number of benzene rings is 1. The van der Waals surface area contributed by atoms with Gasteiger partial charge < -0.3 is 25.2 Å². The number of hydrogen-bond acceptors (Lipinski definition) is 4. The summed E-state index contributed by atoms with van der Waals surface area (Å²) in [6.07, 6.45) is 0.995. The first-order valence-electron chi connectivity index (χ1n) is 6.40. The molecule has 1 aliphatic rings. The Hall–Kier alpha value is -1.79. The molecule has 102 valence electrons. The van der Waals surface area contributed by atoms with Gasteiger partial charge in [-0.1, -0.05) is 0 Å². The zero-order valence-electron chi connectivity index (χ0n) is 10.5. The van der Waals surface area contributed by atoms with Crippen LogP contribution in [0, 0.1) is 5.92 Å². The van der Waals surface area contributed by atoms with E-state index in [0.29, 0.717) is 24.9 Å². The summed E-state index contributed by atoms with van der Waals surface area (Å²) in [4.78, 5) is 16.5. The van der Waals surface area contributed by atoms with Crippen molar-refractivity contribution in [1.82, 2.24) is 9.97 Å². The molecule has 2 heterocycles. The van der Waals surface area contributed by atoms with Crippen LogP contribution in [-0.4, -0.2) is 35.8 Å². The van der Waals surface area contributed by atoms with Gasteiger partial charge in [0.25, 0.3) is 0 Å². The molecule has 0 spiro atoms. The Balaban J connectivity index is 1.65. The van der Waals surface area contributed by atoms with Crippen LogP contribution in [0.3, 0.4) is 0 Å². The number of rotatable bonds is 4. The molecule has 0 aliphatic carbocycles. The SMILES string of the molecule is N[C@@H](COc1ccc2[nH]c(=O)[nH]c2c1)C1CCOC1. The van der Waals surface area contributed by atoms with E-state index < -0.39 is 0 Å². The molecule has 1 aliphatic heterocycles. The van der Waals surface area contributed by atoms with Crippen molar-refractivity contribution >= 4 is 11.0 Å². The summed E-state index contributed by atoms with van der Waals surface area (Å²) in [6.45, 7) is 1.96. The zero-order valence-corrected chi connectivity index (χ0v) is 10.5. The van der Waals surface area contributed by atoms with Crippen molar-refractivity contribution in [3.05, 3.63) is 28.7 Å². The fourth-order valence-corrected chi connectivity index (χ4v) is 2.32. The fraction of sp³-hybridized carbons (Fsp3) is 0.462. The predicted molar refractivity (Wildman–Crippen MR) is 71.3 cm³/mol. The zero-order chi connectivity index (χ0) is 13.2. The molecule has 2 atom stereocenters. The molecular formula is C13H17N3O3. The molecule has 6 nitrogen and oxygen atoms in total. The summed E-state index contributed by atoms with van der Waals surface area (Å²) >= 11 is 0. The Labute approximate surface area is 109 Å². The number of nitrogens with two attached hydrogens (primary N) is 1. The van der Waals surface area contributed by atoms with E-state index in [1.807, 2.05) is 12.1 Å². The molecule has 1 aromatic carbocycles. The third kappa shape index (κ3) is 2.64. The summed E-state index contributed by atoms with van der Waals surface area (Å²) in [5, 5.41) is 0. The van der Waals surface area contributed by atoms with Crippen molar-refractivity contribution in [2.75, 3.05) is 19.8 Å². The molecule has 1 saturated heterocycles. The number of H-pyrrole nitrogens is 2. The first-order chi connectivity index (χ1) is 9.22. The third-order valence-electron chi connectivity index (χ3n) is 3.50. The highest BCUT2D eigenvalue weighted by atomic mass is 16.5. The van der Waals surface area contributed by atoms with Crippen LogP contribution in [0.4, 0.5) is 0 Å². The Morgan fingerprint density at radius 2 is 2.26 bits per heavy atom. The van der Waals surface area contributed by atoms with E-state index in [1.54, 1.807) is 6.07 Å². The quantitative estimate of drug-likeness (QED) is 0.753. The van der Waals surface area contributed by atoms with Crippen LogP contribution in [0.2, 0.25) is 0 Å². The van der Waals surface area contributed by atoms with Crippen LogP contribution in [0.15, 0.2) is 23.0 Å². The van der Waals surface area contributed by atoms with Crippen molar-refractivity contribution in [1.29, 1.82) is 0 Å². The van der Waals surface area contributed by atoms with Crippen molar-refractivity contribution in [2.45, 2.75) is 12.5 Å². The second-order valence-electron chi connectivity index (χ2n) is 4.89. The summed E-state index contributed by atoms with van der Waals surface area (Å²) in [5.74, 6) is 1.08. The van der Waals surface area contributed by atoms with Crippen molar-refractivity contribution in [3.63, 3.8) is 0 Å². The number of imidazole rings is 1. The third-order valence-corrected chi connectivity index (χ3v) is 3.50. The van der Waals surface area contributed by atoms with Gasteiger partial charge in [-0.25, -0.2) is 4.79 Å². The number of fused-ring (bicyclic) bond motifs is 1. The average Bonchev–Trinajstić information content (AvgIpc) is 3.03. The van der Waals surface area contributed by atoms with Gasteiger partial charge in [0.15, 0.2) is 0 Å². The first kappa shape index (κ1) is 12.3. The van der Waals surface area contributed by atoms with E-state index in [-0.39, 0.29) is 11.7 Å². The van der Waals surface area contributed by atoms with Gasteiger partial charge in [-0.2, -0.15) is 0 Å². The Kier molecular flexibility index (Phi) is 3.27. The highest BCUT2D eigenvalue weighted by Gasteiger charge is 2.23. The molecule has 1 fully saturated rings. The Morgan fingerprint density at radius 3 is 3.05 bits per heavy atom. The number of nitrogens with one attached hydrogen (secondary N) is 2. The first-order valence-corrected chi connectivity index (χ1v) is 6.40. The van der Waals surface area contributed by atoms with E-state index in [0.717, 1.165) is 24.1 Å². The van der Waals surface area contributed by atoms with Gasteiger partial charge >= 0.3 is 5.69 Å². The van der Waals surface area contributed by atoms with E-state index in [1.165, 1.54) is 0 Å². The molecule has 1 aromatic heterocycles. The number of hydrogen-bond donors (Lipinski definition) is 3. The molecule has 0 radical (unpaired) electrons. The van der Waals surface area contributed by atoms with E-state index in [2.05, 4.69) is 9.97 Å². The monoisotopic (exact) mass is 263 g/mol. The van der Waals surface area contributed by atoms with E-state index in [9.17, 15) is 4.79 Å². The maximum Gasteiger partial charge on any atom is 0.323 e. The Bertz CT molecular complexity index is 613. The maximum atomic E-state index is 11.2. The lowest BCUT2D eigenvalue weighted by Gasteiger charge is -2.18. The van der Waals surface area contributed by atoms with Gasteiger partial charge in [0, 0.05) is 24.6 Å². The molecular weight excluding hydrogens is 246 g/mol. The van der Waals surface area contributed by atoms with Crippen molar-refractivity contribution < 1.29 is 9.47 Å². The van der Waals surface area contributed by atoms with Crippen LogP contribution in [0.1, 0.15) is 6.42 Å². The smallest absolute Gasteiger partial charge is 0.323 e. The minimum Gasteiger partial charge on any atom is -0.492 e. The lowest BCUT2D eigenvalue weighted by molar-refractivity contribution is 0.170. The summed E-state index contributed by atoms with van der Waals surface area (Å²) < 4.78 is 11.0. The van der Waals surface area contributed by atoms with E-state index >= 15 is 0 Å². The Morgan fingerprint density at radius 1 is 1.42 bits per heavy atom. The molecule has 0 amide bonds. The molecule has 19 heavy (non-hydrogen) atoms. The maximum absolute atomic E-state index is 11.2. The number of aromatic nitrogens is 2. The largest absolute Gasteiger partial charge is 0.492 e. The molecule has 2 aromatic rings. The molecule has 4 N–H and O–H groups in total. The molecule has 0 saturated carbocycles. The van der Waals surface area contributed by atoms with Gasteiger partial charge in [-0.3, -0.25) is 0 Å². The van der Waals surface area contributed by atoms with Crippen molar-refractivity contribution in [3.8, 4) is 5.75 Å². The van der Waals surface area contributed by atoms with Crippen LogP contribution >= 0.6 is 0 Å². The number of aromatic amines is 2. The van der Waals surface area contributed by atoms with Crippen LogP contribution in [0.5, 0.6) is 5.75 Å². The minimum absolute atomic E-state index is 0.0246. The normalized spacial score (nSPS) is 20.8. The second-order valence-corrected chi connectivity index (χ2v) is 4.89. The van der Waals surface area contributed by atoms with Crippen LogP contribution in [-0.2, 0) is 4.74 Å². The van der Waals surface area contributed by atoms with Crippen molar-refractivity contribution in [2.24, 2.45) is 11.7 Å². The highest BCUT2D eigenvalue weighted by Crippen LogP contribution is 2.19. The van der Waals surface area contributed by atoms with Crippen LogP contribution < -0.4 is 16.2 Å². The number of ether oxygens (including phenoxy) is 2. The lowest BCUT2D eigenvalue weighted by atomic mass is 10.0. The molecule has 6 heteroatoms. The van der Waals surface area contributed by atoms with Gasteiger partial charge in [-0.15, -0.1) is 0 Å². The standard InChI is InChI=1S/C13H17N3O3/c14-10(8-3-4-18-6-8)7-19-9-1-2-11-12(5-9)16-13(17)15-11/h1-2,5,8,10H,3-4,6-7,14H2,(H2,15,16,17)/t8?,10-/m0/s1. The van der Waals surface area contributed by atoms with Gasteiger partial charge in [0.2, 0.25) is 0 Å². The summed E-state index contributed by atoms with van der Waals surface area (Å²) in [6, 6.07) is 5.41.